The van der Waals surface area contributed by atoms with Gasteiger partial charge in [0, 0.05) is 17.6 Å². The highest BCUT2D eigenvalue weighted by atomic mass is 32.1. The summed E-state index contributed by atoms with van der Waals surface area (Å²) in [4.78, 5) is 14.8. The largest absolute Gasteiger partial charge is 0.396 e. The van der Waals surface area contributed by atoms with Crippen molar-refractivity contribution in [2.75, 3.05) is 11.9 Å². The molecule has 0 aromatic carbocycles. The molecule has 2 aromatic heterocycles. The van der Waals surface area contributed by atoms with Crippen molar-refractivity contribution in [1.82, 2.24) is 4.98 Å². The molecule has 0 fully saturated rings. The fourth-order valence-corrected chi connectivity index (χ4v) is 2.50. The number of rotatable bonds is 6. The number of aromatic nitrogens is 1. The summed E-state index contributed by atoms with van der Waals surface area (Å²) in [5, 5.41) is 24.8. The van der Waals surface area contributed by atoms with E-state index in [4.69, 9.17) is 5.11 Å². The topological polar surface area (TPSA) is 88.3 Å². The number of nitrogens with one attached hydrogen (secondary N) is 1. The SMILES string of the molecule is O=[N+]([O-])c1ccc(N[C@H](CCO)c2cccs2)cn1. The van der Waals surface area contributed by atoms with Gasteiger partial charge in [-0.25, -0.2) is 0 Å². The van der Waals surface area contributed by atoms with Crippen LogP contribution in [0.25, 0.3) is 0 Å². The maximum Gasteiger partial charge on any atom is 0.363 e. The molecular formula is C12H13N3O3S. The standard InChI is InChI=1S/C12H13N3O3S/c16-6-5-10(11-2-1-7-19-11)14-9-3-4-12(13-8-9)15(17)18/h1-4,7-8,10,14,16H,5-6H2/t10-/m1/s1. The minimum atomic E-state index is -0.533. The molecular weight excluding hydrogens is 266 g/mol. The first-order valence-electron chi connectivity index (χ1n) is 5.72. The highest BCUT2D eigenvalue weighted by molar-refractivity contribution is 7.10. The summed E-state index contributed by atoms with van der Waals surface area (Å²) in [6, 6.07) is 6.88. The molecule has 7 heteroatoms. The Morgan fingerprint density at radius 2 is 2.32 bits per heavy atom. The van der Waals surface area contributed by atoms with Gasteiger partial charge in [0.2, 0.25) is 0 Å². The second-order valence-electron chi connectivity index (χ2n) is 3.89. The van der Waals surface area contributed by atoms with Gasteiger partial charge in [0.25, 0.3) is 0 Å². The number of aliphatic hydroxyl groups is 1. The second-order valence-corrected chi connectivity index (χ2v) is 4.87. The maximum atomic E-state index is 10.5. The van der Waals surface area contributed by atoms with Gasteiger partial charge in [-0.3, -0.25) is 0 Å². The van der Waals surface area contributed by atoms with Gasteiger partial charge in [0.05, 0.1) is 11.7 Å². The zero-order valence-electron chi connectivity index (χ0n) is 10.0. The van der Waals surface area contributed by atoms with Crippen LogP contribution >= 0.6 is 11.3 Å². The molecule has 0 aliphatic rings. The first kappa shape index (κ1) is 13.4. The maximum absolute atomic E-state index is 10.5. The molecule has 2 aromatic rings. The first-order chi connectivity index (χ1) is 9.20. The summed E-state index contributed by atoms with van der Waals surface area (Å²) in [5.41, 5.74) is 0.692. The van der Waals surface area contributed by atoms with Crippen molar-refractivity contribution < 1.29 is 10.0 Å². The Labute approximate surface area is 113 Å². The number of nitrogens with zero attached hydrogens (tertiary/aromatic N) is 2. The highest BCUT2D eigenvalue weighted by Crippen LogP contribution is 2.26. The van der Waals surface area contributed by atoms with Crippen molar-refractivity contribution in [3.8, 4) is 0 Å². The van der Waals surface area contributed by atoms with Gasteiger partial charge in [-0.05, 0) is 33.8 Å². The summed E-state index contributed by atoms with van der Waals surface area (Å²) < 4.78 is 0. The predicted octanol–water partition coefficient (Wildman–Crippen LogP) is 2.59. The lowest BCUT2D eigenvalue weighted by atomic mass is 10.1. The number of hydrogen-bond acceptors (Lipinski definition) is 6. The number of pyridine rings is 1. The van der Waals surface area contributed by atoms with Gasteiger partial charge >= 0.3 is 5.82 Å². The molecule has 100 valence electrons. The van der Waals surface area contributed by atoms with Gasteiger partial charge in [0.1, 0.15) is 0 Å². The van der Waals surface area contributed by atoms with Crippen molar-refractivity contribution in [3.05, 3.63) is 50.8 Å². The van der Waals surface area contributed by atoms with Crippen LogP contribution in [0.3, 0.4) is 0 Å². The van der Waals surface area contributed by atoms with E-state index in [1.807, 2.05) is 17.5 Å². The van der Waals surface area contributed by atoms with Crippen LogP contribution in [0.5, 0.6) is 0 Å². The fourth-order valence-electron chi connectivity index (χ4n) is 1.68. The Bertz CT molecular complexity index is 528. The number of nitro groups is 1. The third-order valence-corrected chi connectivity index (χ3v) is 3.57. The summed E-state index contributed by atoms with van der Waals surface area (Å²) in [6.07, 6.45) is 1.99. The Kier molecular flexibility index (Phi) is 4.43. The molecule has 0 aliphatic heterocycles. The van der Waals surface area contributed by atoms with Crippen LogP contribution in [0.1, 0.15) is 17.3 Å². The molecule has 0 amide bonds. The molecule has 2 heterocycles. The molecule has 19 heavy (non-hydrogen) atoms. The van der Waals surface area contributed by atoms with E-state index in [2.05, 4.69) is 10.3 Å². The smallest absolute Gasteiger partial charge is 0.363 e. The van der Waals surface area contributed by atoms with E-state index in [1.165, 1.54) is 12.3 Å². The van der Waals surface area contributed by atoms with E-state index in [0.29, 0.717) is 12.1 Å². The van der Waals surface area contributed by atoms with Crippen molar-refractivity contribution in [3.63, 3.8) is 0 Å². The average molecular weight is 279 g/mol. The predicted molar refractivity (Wildman–Crippen MR) is 73.3 cm³/mol. The minimum absolute atomic E-state index is 0.0201. The van der Waals surface area contributed by atoms with E-state index in [9.17, 15) is 10.1 Å². The highest BCUT2D eigenvalue weighted by Gasteiger charge is 2.13. The Morgan fingerprint density at radius 1 is 1.47 bits per heavy atom. The van der Waals surface area contributed by atoms with Crippen molar-refractivity contribution in [1.29, 1.82) is 0 Å². The van der Waals surface area contributed by atoms with E-state index in [1.54, 1.807) is 17.4 Å². The quantitative estimate of drug-likeness (QED) is 0.626. The minimum Gasteiger partial charge on any atom is -0.396 e. The van der Waals surface area contributed by atoms with Gasteiger partial charge in [-0.15, -0.1) is 11.3 Å². The van der Waals surface area contributed by atoms with Crippen LogP contribution < -0.4 is 5.32 Å². The lowest BCUT2D eigenvalue weighted by Gasteiger charge is -2.16. The molecule has 6 nitrogen and oxygen atoms in total. The number of hydrogen-bond donors (Lipinski definition) is 2. The van der Waals surface area contributed by atoms with Crippen LogP contribution in [0.15, 0.2) is 35.8 Å². The van der Waals surface area contributed by atoms with E-state index >= 15 is 0 Å². The van der Waals surface area contributed by atoms with Gasteiger partial charge in [0.15, 0.2) is 6.20 Å². The molecule has 0 aliphatic carbocycles. The van der Waals surface area contributed by atoms with Gasteiger partial charge in [-0.1, -0.05) is 6.07 Å². The van der Waals surface area contributed by atoms with E-state index < -0.39 is 4.92 Å². The molecule has 0 saturated carbocycles. The summed E-state index contributed by atoms with van der Waals surface area (Å²) in [6.45, 7) is 0.0655. The zero-order valence-corrected chi connectivity index (χ0v) is 10.8. The Balaban J connectivity index is 2.11. The van der Waals surface area contributed by atoms with Crippen molar-refractivity contribution in [2.45, 2.75) is 12.5 Å². The monoisotopic (exact) mass is 279 g/mol. The summed E-state index contributed by atoms with van der Waals surface area (Å²) >= 11 is 1.60. The third-order valence-electron chi connectivity index (χ3n) is 2.58. The van der Waals surface area contributed by atoms with Crippen molar-refractivity contribution >= 4 is 22.8 Å². The molecule has 1 atom stereocenters. The van der Waals surface area contributed by atoms with Crippen molar-refractivity contribution in [2.24, 2.45) is 0 Å². The normalized spacial score (nSPS) is 12.1. The Hall–Kier alpha value is -1.99. The third kappa shape index (κ3) is 3.49. The second kappa shape index (κ2) is 6.26. The van der Waals surface area contributed by atoms with Crippen LogP contribution in [0, 0.1) is 10.1 Å². The fraction of sp³-hybridized carbons (Fsp3) is 0.250. The molecule has 0 spiro atoms. The Morgan fingerprint density at radius 3 is 2.84 bits per heavy atom. The van der Waals surface area contributed by atoms with E-state index in [-0.39, 0.29) is 18.5 Å². The molecule has 0 radical (unpaired) electrons. The van der Waals surface area contributed by atoms with Crippen LogP contribution in [-0.2, 0) is 0 Å². The molecule has 0 saturated heterocycles. The number of anilines is 1. The van der Waals surface area contributed by atoms with Gasteiger partial charge in [-0.2, -0.15) is 0 Å². The van der Waals surface area contributed by atoms with Crippen LogP contribution in [0.2, 0.25) is 0 Å². The first-order valence-corrected chi connectivity index (χ1v) is 6.60. The van der Waals surface area contributed by atoms with E-state index in [0.717, 1.165) is 4.88 Å². The van der Waals surface area contributed by atoms with Crippen LogP contribution in [0.4, 0.5) is 11.5 Å². The number of aliphatic hydroxyl groups excluding tert-OH is 1. The molecule has 2 N–H and O–H groups in total. The molecule has 2 rings (SSSR count). The summed E-state index contributed by atoms with van der Waals surface area (Å²) in [7, 11) is 0. The molecule has 0 unspecified atom stereocenters. The zero-order chi connectivity index (χ0) is 13.7. The van der Waals surface area contributed by atoms with Crippen LogP contribution in [-0.4, -0.2) is 21.6 Å². The lowest BCUT2D eigenvalue weighted by molar-refractivity contribution is -0.389. The lowest BCUT2D eigenvalue weighted by Crippen LogP contribution is -2.11. The summed E-state index contributed by atoms with van der Waals surface area (Å²) in [5.74, 6) is -0.180. The number of thiophene rings is 1. The molecule has 0 bridgehead atoms. The average Bonchev–Trinajstić information content (AvgIpc) is 2.92. The van der Waals surface area contributed by atoms with Gasteiger partial charge < -0.3 is 20.5 Å².